The van der Waals surface area contributed by atoms with Crippen molar-refractivity contribution in [1.82, 2.24) is 5.32 Å². The van der Waals surface area contributed by atoms with Gasteiger partial charge in [0.15, 0.2) is 0 Å². The monoisotopic (exact) mass is 333 g/mol. The van der Waals surface area contributed by atoms with Gasteiger partial charge in [-0.1, -0.05) is 24.3 Å². The van der Waals surface area contributed by atoms with E-state index in [9.17, 15) is 4.79 Å². The molecule has 0 spiro atoms. The van der Waals surface area contributed by atoms with Gasteiger partial charge in [0, 0.05) is 5.56 Å². The van der Waals surface area contributed by atoms with Crippen LogP contribution in [0.5, 0.6) is 0 Å². The largest absolute Gasteiger partial charge is 0.346 e. The molecule has 1 N–H and O–H groups in total. The average molecular weight is 333 g/mol. The van der Waals surface area contributed by atoms with Crippen LogP contribution in [0.3, 0.4) is 0 Å². The Morgan fingerprint density at radius 2 is 1.36 bits per heavy atom. The highest BCUT2D eigenvalue weighted by atomic mass is 16.1. The molecule has 2 aliphatic rings. The number of hydrogen-bond acceptors (Lipinski definition) is 1. The summed E-state index contributed by atoms with van der Waals surface area (Å²) in [6, 6.07) is 13.0. The second-order valence-electron chi connectivity index (χ2n) is 7.62. The maximum atomic E-state index is 12.7. The van der Waals surface area contributed by atoms with E-state index < -0.39 is 0 Å². The van der Waals surface area contributed by atoms with Gasteiger partial charge in [-0.25, -0.2) is 0 Å². The summed E-state index contributed by atoms with van der Waals surface area (Å²) in [6.45, 7) is 2.08. The molecule has 0 saturated heterocycles. The Morgan fingerprint density at radius 1 is 0.800 bits per heavy atom. The fraction of sp³-hybridized carbons (Fsp3) is 0.435. The van der Waals surface area contributed by atoms with Crippen molar-refractivity contribution in [3.05, 3.63) is 69.8 Å². The zero-order valence-electron chi connectivity index (χ0n) is 15.1. The number of amides is 1. The molecule has 2 aliphatic carbocycles. The van der Waals surface area contributed by atoms with Crippen molar-refractivity contribution in [3.8, 4) is 0 Å². The van der Waals surface area contributed by atoms with Gasteiger partial charge in [-0.15, -0.1) is 0 Å². The summed E-state index contributed by atoms with van der Waals surface area (Å²) in [5, 5.41) is 3.19. The van der Waals surface area contributed by atoms with Gasteiger partial charge < -0.3 is 5.32 Å². The van der Waals surface area contributed by atoms with Crippen molar-refractivity contribution in [2.45, 2.75) is 64.3 Å². The van der Waals surface area contributed by atoms with Crippen LogP contribution in [0.25, 0.3) is 0 Å². The van der Waals surface area contributed by atoms with Crippen LogP contribution >= 0.6 is 0 Å². The van der Waals surface area contributed by atoms with E-state index in [-0.39, 0.29) is 11.9 Å². The van der Waals surface area contributed by atoms with E-state index in [0.29, 0.717) is 0 Å². The normalized spacial score (nSPS) is 17.3. The molecule has 0 bridgehead atoms. The highest BCUT2D eigenvalue weighted by Gasteiger charge is 2.17. The average Bonchev–Trinajstić information content (AvgIpc) is 2.67. The highest BCUT2D eigenvalue weighted by Crippen LogP contribution is 2.26. The lowest BCUT2D eigenvalue weighted by atomic mass is 9.89. The minimum absolute atomic E-state index is 0.0377. The second-order valence-corrected chi connectivity index (χ2v) is 7.62. The lowest BCUT2D eigenvalue weighted by Gasteiger charge is -2.21. The predicted octanol–water partition coefficient (Wildman–Crippen LogP) is 4.94. The first kappa shape index (κ1) is 16.4. The minimum atomic E-state index is 0.0377. The summed E-state index contributed by atoms with van der Waals surface area (Å²) >= 11 is 0. The van der Waals surface area contributed by atoms with Crippen LogP contribution in [-0.2, 0) is 25.7 Å². The smallest absolute Gasteiger partial charge is 0.251 e. The number of carbonyl (C=O) groups excluding carboxylic acids is 1. The number of hydrogen-bond donors (Lipinski definition) is 1. The standard InChI is InChI=1S/C23H27NO/c1-16(19-12-10-17-6-2-4-8-20(17)14-19)24-23(25)22-13-11-18-7-3-5-9-21(18)15-22/h10-16H,2-9H2,1H3,(H,24,25)/t16-/m1/s1. The molecule has 2 heteroatoms. The minimum Gasteiger partial charge on any atom is -0.346 e. The van der Waals surface area contributed by atoms with Gasteiger partial charge in [-0.05, 0) is 98.2 Å². The Hall–Kier alpha value is -2.09. The van der Waals surface area contributed by atoms with Crippen LogP contribution in [0, 0.1) is 0 Å². The molecule has 0 aromatic heterocycles. The molecular weight excluding hydrogens is 306 g/mol. The maximum absolute atomic E-state index is 12.7. The van der Waals surface area contributed by atoms with E-state index in [1.165, 1.54) is 66.3 Å². The number of rotatable bonds is 3. The molecule has 0 fully saturated rings. The number of aryl methyl sites for hydroxylation is 4. The molecule has 0 heterocycles. The SMILES string of the molecule is C[C@@H](NC(=O)c1ccc2c(c1)CCCC2)c1ccc2c(c1)CCCC2. The predicted molar refractivity (Wildman–Crippen MR) is 102 cm³/mol. The van der Waals surface area contributed by atoms with E-state index in [0.717, 1.165) is 18.4 Å². The first-order valence-electron chi connectivity index (χ1n) is 9.75. The Bertz CT molecular complexity index is 793. The molecule has 130 valence electrons. The molecular formula is C23H27NO. The van der Waals surface area contributed by atoms with E-state index >= 15 is 0 Å². The molecule has 1 amide bonds. The fourth-order valence-electron chi connectivity index (χ4n) is 4.26. The summed E-state index contributed by atoms with van der Waals surface area (Å²) in [5.41, 5.74) is 7.75. The first-order valence-corrected chi connectivity index (χ1v) is 9.75. The van der Waals surface area contributed by atoms with Crippen molar-refractivity contribution < 1.29 is 4.79 Å². The van der Waals surface area contributed by atoms with Crippen molar-refractivity contribution in [2.75, 3.05) is 0 Å². The van der Waals surface area contributed by atoms with E-state index in [4.69, 9.17) is 0 Å². The van der Waals surface area contributed by atoms with Gasteiger partial charge in [0.2, 0.25) is 0 Å². The van der Waals surface area contributed by atoms with Gasteiger partial charge in [0.05, 0.1) is 6.04 Å². The zero-order valence-corrected chi connectivity index (χ0v) is 15.1. The molecule has 1 atom stereocenters. The summed E-state index contributed by atoms with van der Waals surface area (Å²) < 4.78 is 0. The van der Waals surface area contributed by atoms with Gasteiger partial charge in [-0.2, -0.15) is 0 Å². The Balaban J connectivity index is 1.48. The zero-order chi connectivity index (χ0) is 17.2. The van der Waals surface area contributed by atoms with Gasteiger partial charge in [0.25, 0.3) is 5.91 Å². The molecule has 0 aliphatic heterocycles. The summed E-state index contributed by atoms with van der Waals surface area (Å²) in [5.74, 6) is 0.0404. The third-order valence-electron chi connectivity index (χ3n) is 5.83. The van der Waals surface area contributed by atoms with Crippen molar-refractivity contribution in [2.24, 2.45) is 0 Å². The van der Waals surface area contributed by atoms with Crippen LogP contribution in [0.2, 0.25) is 0 Å². The molecule has 2 nitrogen and oxygen atoms in total. The van der Waals surface area contributed by atoms with Gasteiger partial charge >= 0.3 is 0 Å². The van der Waals surface area contributed by atoms with Crippen LogP contribution in [0.4, 0.5) is 0 Å². The molecule has 25 heavy (non-hydrogen) atoms. The third-order valence-corrected chi connectivity index (χ3v) is 5.83. The maximum Gasteiger partial charge on any atom is 0.251 e. The molecule has 0 unspecified atom stereocenters. The van der Waals surface area contributed by atoms with E-state index in [2.05, 4.69) is 42.6 Å². The van der Waals surface area contributed by atoms with E-state index in [1.807, 2.05) is 6.07 Å². The Labute approximate surface area is 150 Å². The number of carbonyl (C=O) groups is 1. The number of nitrogens with one attached hydrogen (secondary N) is 1. The van der Waals surface area contributed by atoms with Crippen molar-refractivity contribution in [1.29, 1.82) is 0 Å². The topological polar surface area (TPSA) is 29.1 Å². The summed E-state index contributed by atoms with van der Waals surface area (Å²) in [6.07, 6.45) is 9.74. The molecule has 2 aromatic carbocycles. The lowest BCUT2D eigenvalue weighted by Crippen LogP contribution is -2.27. The van der Waals surface area contributed by atoms with E-state index in [1.54, 1.807) is 0 Å². The van der Waals surface area contributed by atoms with Gasteiger partial charge in [-0.3, -0.25) is 4.79 Å². The third kappa shape index (κ3) is 3.49. The highest BCUT2D eigenvalue weighted by molar-refractivity contribution is 5.94. The molecule has 4 rings (SSSR count). The molecule has 2 aromatic rings. The second kappa shape index (κ2) is 7.03. The van der Waals surface area contributed by atoms with Crippen molar-refractivity contribution >= 4 is 5.91 Å². The van der Waals surface area contributed by atoms with Gasteiger partial charge in [0.1, 0.15) is 0 Å². The summed E-state index contributed by atoms with van der Waals surface area (Å²) in [4.78, 5) is 12.7. The quantitative estimate of drug-likeness (QED) is 0.847. The first-order chi connectivity index (χ1) is 12.2. The number of benzene rings is 2. The van der Waals surface area contributed by atoms with Crippen molar-refractivity contribution in [3.63, 3.8) is 0 Å². The number of fused-ring (bicyclic) bond motifs is 2. The molecule has 0 saturated carbocycles. The Morgan fingerprint density at radius 3 is 2.04 bits per heavy atom. The molecule has 0 radical (unpaired) electrons. The van der Waals surface area contributed by atoms with Crippen LogP contribution in [0.1, 0.15) is 76.8 Å². The van der Waals surface area contributed by atoms with Crippen LogP contribution in [0.15, 0.2) is 36.4 Å². The lowest BCUT2D eigenvalue weighted by molar-refractivity contribution is 0.0939. The van der Waals surface area contributed by atoms with Crippen LogP contribution < -0.4 is 5.32 Å². The Kier molecular flexibility index (Phi) is 4.61. The summed E-state index contributed by atoms with van der Waals surface area (Å²) in [7, 11) is 0. The fourth-order valence-corrected chi connectivity index (χ4v) is 4.26. The van der Waals surface area contributed by atoms with Crippen LogP contribution in [-0.4, -0.2) is 5.91 Å².